The third-order valence-corrected chi connectivity index (χ3v) is 4.83. The summed E-state index contributed by atoms with van der Waals surface area (Å²) in [6, 6.07) is 0. The van der Waals surface area contributed by atoms with Crippen molar-refractivity contribution in [3.8, 4) is 0 Å². The van der Waals surface area contributed by atoms with Crippen molar-refractivity contribution in [3.05, 3.63) is 16.4 Å². The van der Waals surface area contributed by atoms with Crippen LogP contribution in [0.1, 0.15) is 48.8 Å². The van der Waals surface area contributed by atoms with Gasteiger partial charge in [0, 0.05) is 7.05 Å². The first-order chi connectivity index (χ1) is 9.76. The highest BCUT2D eigenvalue weighted by Gasteiger charge is 2.42. The van der Waals surface area contributed by atoms with Crippen molar-refractivity contribution in [2.75, 3.05) is 0 Å². The van der Waals surface area contributed by atoms with Gasteiger partial charge in [-0.05, 0) is 26.7 Å². The van der Waals surface area contributed by atoms with Gasteiger partial charge < -0.3 is 10.4 Å². The lowest BCUT2D eigenvalue weighted by Crippen LogP contribution is -2.55. The minimum Gasteiger partial charge on any atom is -0.481 e. The molecule has 0 spiro atoms. The molecule has 1 aliphatic carbocycles. The van der Waals surface area contributed by atoms with Gasteiger partial charge in [-0.1, -0.05) is 24.4 Å². The molecular formula is C14H20ClN3O3. The molecule has 0 radical (unpaired) electrons. The fourth-order valence-corrected chi connectivity index (χ4v) is 3.17. The third-order valence-electron chi connectivity index (χ3n) is 4.38. The van der Waals surface area contributed by atoms with Crippen LogP contribution in [0.2, 0.25) is 5.02 Å². The number of carbonyl (C=O) groups is 2. The van der Waals surface area contributed by atoms with Crippen LogP contribution in [0.15, 0.2) is 0 Å². The maximum Gasteiger partial charge on any atom is 0.308 e. The van der Waals surface area contributed by atoms with Crippen LogP contribution in [-0.4, -0.2) is 32.3 Å². The molecular weight excluding hydrogens is 294 g/mol. The lowest BCUT2D eigenvalue weighted by atomic mass is 9.74. The van der Waals surface area contributed by atoms with E-state index in [0.717, 1.165) is 12.8 Å². The summed E-state index contributed by atoms with van der Waals surface area (Å²) in [5, 5.41) is 16.6. The average Bonchev–Trinajstić information content (AvgIpc) is 2.66. The predicted octanol–water partition coefficient (Wildman–Crippen LogP) is 2.15. The summed E-state index contributed by atoms with van der Waals surface area (Å²) in [6.07, 6.45) is 2.97. The number of hydrogen-bond donors (Lipinski definition) is 2. The van der Waals surface area contributed by atoms with Gasteiger partial charge in [-0.25, -0.2) is 0 Å². The van der Waals surface area contributed by atoms with Crippen LogP contribution < -0.4 is 5.32 Å². The minimum atomic E-state index is -0.874. The zero-order chi connectivity index (χ0) is 15.8. The van der Waals surface area contributed by atoms with Crippen LogP contribution in [0, 0.1) is 12.8 Å². The average molecular weight is 314 g/mol. The molecule has 1 amide bonds. The minimum absolute atomic E-state index is 0.146. The number of nitrogens with zero attached hydrogens (tertiary/aromatic N) is 2. The van der Waals surface area contributed by atoms with E-state index in [4.69, 9.17) is 11.6 Å². The molecule has 0 saturated heterocycles. The van der Waals surface area contributed by atoms with E-state index in [2.05, 4.69) is 10.4 Å². The summed E-state index contributed by atoms with van der Waals surface area (Å²) in [6.45, 7) is 3.56. The molecule has 116 valence electrons. The Morgan fingerprint density at radius 1 is 1.48 bits per heavy atom. The van der Waals surface area contributed by atoms with Gasteiger partial charge in [-0.2, -0.15) is 5.10 Å². The fourth-order valence-electron chi connectivity index (χ4n) is 2.93. The van der Waals surface area contributed by atoms with Crippen molar-refractivity contribution in [2.45, 2.75) is 45.1 Å². The summed E-state index contributed by atoms with van der Waals surface area (Å²) >= 11 is 6.11. The molecule has 7 heteroatoms. The first-order valence-electron chi connectivity index (χ1n) is 7.00. The second-order valence-corrected chi connectivity index (χ2v) is 6.26. The number of aryl methyl sites for hydroxylation is 1. The normalized spacial score (nSPS) is 25.6. The number of rotatable bonds is 3. The number of carboxylic acids is 1. The summed E-state index contributed by atoms with van der Waals surface area (Å²) in [7, 11) is 1.71. The topological polar surface area (TPSA) is 84.2 Å². The Morgan fingerprint density at radius 2 is 2.14 bits per heavy atom. The second kappa shape index (κ2) is 5.67. The number of nitrogens with one attached hydrogen (secondary N) is 1. The van der Waals surface area contributed by atoms with Crippen LogP contribution >= 0.6 is 11.6 Å². The SMILES string of the molecule is Cc1c(Cl)c(C(=O)NC2(C)CCCCC2C(=O)O)nn1C. The van der Waals surface area contributed by atoms with E-state index in [0.29, 0.717) is 23.6 Å². The molecule has 1 saturated carbocycles. The lowest BCUT2D eigenvalue weighted by Gasteiger charge is -2.39. The Hall–Kier alpha value is -1.56. The van der Waals surface area contributed by atoms with Gasteiger partial charge in [0.05, 0.1) is 22.2 Å². The molecule has 6 nitrogen and oxygen atoms in total. The molecule has 1 aliphatic rings. The highest BCUT2D eigenvalue weighted by Crippen LogP contribution is 2.34. The van der Waals surface area contributed by atoms with Gasteiger partial charge in [0.15, 0.2) is 5.69 Å². The van der Waals surface area contributed by atoms with E-state index in [1.165, 1.54) is 4.68 Å². The second-order valence-electron chi connectivity index (χ2n) is 5.88. The number of amides is 1. The summed E-state index contributed by atoms with van der Waals surface area (Å²) in [5.41, 5.74) is 0.0774. The third kappa shape index (κ3) is 2.90. The van der Waals surface area contributed by atoms with E-state index >= 15 is 0 Å². The van der Waals surface area contributed by atoms with E-state index < -0.39 is 23.3 Å². The highest BCUT2D eigenvalue weighted by molar-refractivity contribution is 6.34. The number of carbonyl (C=O) groups excluding carboxylic acids is 1. The molecule has 2 rings (SSSR count). The summed E-state index contributed by atoms with van der Waals surface area (Å²) < 4.78 is 1.54. The number of halogens is 1. The largest absolute Gasteiger partial charge is 0.481 e. The maximum absolute atomic E-state index is 12.4. The van der Waals surface area contributed by atoms with Crippen LogP contribution in [0.25, 0.3) is 0 Å². The highest BCUT2D eigenvalue weighted by atomic mass is 35.5. The first-order valence-corrected chi connectivity index (χ1v) is 7.38. The molecule has 0 aliphatic heterocycles. The molecule has 2 unspecified atom stereocenters. The maximum atomic E-state index is 12.4. The standard InChI is InChI=1S/C14H20ClN3O3/c1-8-10(15)11(17-18(8)3)12(19)16-14(2)7-5-4-6-9(14)13(20)21/h9H,4-7H2,1-3H3,(H,16,19)(H,20,21). The van der Waals surface area contributed by atoms with Crippen molar-refractivity contribution in [2.24, 2.45) is 13.0 Å². The van der Waals surface area contributed by atoms with Gasteiger partial charge in [-0.15, -0.1) is 0 Å². The molecule has 1 aromatic rings. The monoisotopic (exact) mass is 313 g/mol. The lowest BCUT2D eigenvalue weighted by molar-refractivity contribution is -0.145. The number of carboxylic acid groups (broad SMARTS) is 1. The van der Waals surface area contributed by atoms with E-state index in [-0.39, 0.29) is 5.69 Å². The van der Waals surface area contributed by atoms with Crippen LogP contribution in [-0.2, 0) is 11.8 Å². The fraction of sp³-hybridized carbons (Fsp3) is 0.643. The quantitative estimate of drug-likeness (QED) is 0.895. The zero-order valence-electron chi connectivity index (χ0n) is 12.4. The van der Waals surface area contributed by atoms with Crippen molar-refractivity contribution >= 4 is 23.5 Å². The molecule has 1 heterocycles. The molecule has 1 fully saturated rings. The molecule has 2 N–H and O–H groups in total. The van der Waals surface area contributed by atoms with Crippen molar-refractivity contribution in [1.29, 1.82) is 0 Å². The number of hydrogen-bond acceptors (Lipinski definition) is 3. The Kier molecular flexibility index (Phi) is 4.27. The number of aromatic nitrogens is 2. The van der Waals surface area contributed by atoms with Gasteiger partial charge in [0.2, 0.25) is 0 Å². The molecule has 21 heavy (non-hydrogen) atoms. The van der Waals surface area contributed by atoms with Crippen molar-refractivity contribution in [1.82, 2.24) is 15.1 Å². The Labute approximate surface area is 128 Å². The Bertz CT molecular complexity index is 584. The van der Waals surface area contributed by atoms with E-state index in [9.17, 15) is 14.7 Å². The molecule has 0 aromatic carbocycles. The Morgan fingerprint density at radius 3 is 2.67 bits per heavy atom. The van der Waals surface area contributed by atoms with Crippen LogP contribution in [0.3, 0.4) is 0 Å². The van der Waals surface area contributed by atoms with Gasteiger partial charge in [-0.3, -0.25) is 14.3 Å². The zero-order valence-corrected chi connectivity index (χ0v) is 13.2. The summed E-state index contributed by atoms with van der Waals surface area (Å²) in [4.78, 5) is 23.8. The smallest absolute Gasteiger partial charge is 0.308 e. The number of aliphatic carboxylic acids is 1. The molecule has 0 bridgehead atoms. The predicted molar refractivity (Wildman–Crippen MR) is 78.4 cm³/mol. The molecule has 1 aromatic heterocycles. The van der Waals surface area contributed by atoms with Crippen molar-refractivity contribution < 1.29 is 14.7 Å². The summed E-state index contributed by atoms with van der Waals surface area (Å²) in [5.74, 6) is -1.88. The van der Waals surface area contributed by atoms with E-state index in [1.807, 2.05) is 0 Å². The first kappa shape index (κ1) is 15.8. The van der Waals surface area contributed by atoms with Crippen LogP contribution in [0.4, 0.5) is 0 Å². The van der Waals surface area contributed by atoms with Gasteiger partial charge in [0.1, 0.15) is 0 Å². The molecule has 2 atom stereocenters. The Balaban J connectivity index is 2.24. The van der Waals surface area contributed by atoms with Gasteiger partial charge in [0.25, 0.3) is 5.91 Å². The van der Waals surface area contributed by atoms with Crippen LogP contribution in [0.5, 0.6) is 0 Å². The van der Waals surface area contributed by atoms with Crippen molar-refractivity contribution in [3.63, 3.8) is 0 Å². The van der Waals surface area contributed by atoms with Gasteiger partial charge >= 0.3 is 5.97 Å². The van der Waals surface area contributed by atoms with E-state index in [1.54, 1.807) is 20.9 Å².